The molecule has 1 amide bonds. The normalized spacial score (nSPS) is 14.7. The van der Waals surface area contributed by atoms with Crippen LogP contribution in [-0.2, 0) is 11.3 Å². The Morgan fingerprint density at radius 1 is 1.08 bits per heavy atom. The van der Waals surface area contributed by atoms with Crippen LogP contribution in [0.25, 0.3) is 5.69 Å². The monoisotopic (exact) mass is 498 g/mol. The average molecular weight is 499 g/mol. The first kappa shape index (κ1) is 25.1. The largest absolute Gasteiger partial charge is 0.573 e. The Bertz CT molecular complexity index is 1210. The lowest BCUT2D eigenvalue weighted by Crippen LogP contribution is -2.45. The zero-order valence-corrected chi connectivity index (χ0v) is 19.4. The molecule has 0 radical (unpaired) electrons. The molecule has 1 aliphatic heterocycles. The minimum absolute atomic E-state index is 0.0739. The van der Waals surface area contributed by atoms with E-state index in [9.17, 15) is 18.0 Å². The van der Waals surface area contributed by atoms with Gasteiger partial charge in [-0.25, -0.2) is 0 Å². The highest BCUT2D eigenvalue weighted by Gasteiger charge is 2.31. The summed E-state index contributed by atoms with van der Waals surface area (Å²) in [5, 5.41) is 11.9. The van der Waals surface area contributed by atoms with Crippen LogP contribution in [0.4, 0.5) is 13.2 Å². The number of ether oxygens (including phenoxy) is 2. The Balaban J connectivity index is 1.20. The third kappa shape index (κ3) is 7.26. The van der Waals surface area contributed by atoms with Crippen LogP contribution in [0.2, 0.25) is 0 Å². The average Bonchev–Trinajstić information content (AvgIpc) is 3.32. The standard InChI is InChI=1S/C26H25F3N4O3/c27-26(28,29)36-23-6-4-22(5-7-23)33-13-8-20(17-33)16-32-11-9-21(10-12-32)31-25(34)18-35-24-3-1-2-19(14-24)15-30/h1-8,13-14,17,21H,9-12,16,18H2,(H,31,34). The number of hydrogen-bond acceptors (Lipinski definition) is 5. The molecule has 0 atom stereocenters. The van der Waals surface area contributed by atoms with Gasteiger partial charge in [-0.05, 0) is 66.9 Å². The summed E-state index contributed by atoms with van der Waals surface area (Å²) >= 11 is 0. The lowest BCUT2D eigenvalue weighted by atomic mass is 10.0. The predicted molar refractivity (Wildman–Crippen MR) is 126 cm³/mol. The van der Waals surface area contributed by atoms with Gasteiger partial charge in [-0.2, -0.15) is 5.26 Å². The number of alkyl halides is 3. The van der Waals surface area contributed by atoms with Gasteiger partial charge in [-0.15, -0.1) is 13.2 Å². The van der Waals surface area contributed by atoms with Crippen LogP contribution in [0.15, 0.2) is 67.0 Å². The van der Waals surface area contributed by atoms with Crippen molar-refractivity contribution in [3.05, 3.63) is 78.1 Å². The van der Waals surface area contributed by atoms with E-state index in [1.54, 1.807) is 36.4 Å². The second kappa shape index (κ2) is 11.2. The van der Waals surface area contributed by atoms with Crippen molar-refractivity contribution < 1.29 is 27.4 Å². The quantitative estimate of drug-likeness (QED) is 0.498. The first-order chi connectivity index (χ1) is 17.3. The Kier molecular flexibility index (Phi) is 7.80. The zero-order valence-electron chi connectivity index (χ0n) is 19.4. The van der Waals surface area contributed by atoms with Crippen molar-refractivity contribution in [3.63, 3.8) is 0 Å². The number of likely N-dealkylation sites (tertiary alicyclic amines) is 1. The summed E-state index contributed by atoms with van der Waals surface area (Å²) in [5.74, 6) is 0.0319. The highest BCUT2D eigenvalue weighted by Crippen LogP contribution is 2.24. The molecule has 0 spiro atoms. The van der Waals surface area contributed by atoms with Gasteiger partial charge in [0.15, 0.2) is 6.61 Å². The Labute approximate surface area is 206 Å². The fraction of sp³-hybridized carbons (Fsp3) is 0.308. The molecule has 3 aromatic rings. The molecule has 0 unspecified atom stereocenters. The number of nitrogens with zero attached hydrogens (tertiary/aromatic N) is 3. The maximum absolute atomic E-state index is 12.3. The van der Waals surface area contributed by atoms with Crippen molar-refractivity contribution in [2.75, 3.05) is 19.7 Å². The Morgan fingerprint density at radius 3 is 2.53 bits per heavy atom. The van der Waals surface area contributed by atoms with Crippen molar-refractivity contribution in [2.24, 2.45) is 0 Å². The van der Waals surface area contributed by atoms with Gasteiger partial charge in [0.05, 0.1) is 11.6 Å². The molecule has 1 saturated heterocycles. The van der Waals surface area contributed by atoms with Crippen molar-refractivity contribution in [1.82, 2.24) is 14.8 Å². The second-order valence-corrected chi connectivity index (χ2v) is 8.51. The van der Waals surface area contributed by atoms with Crippen molar-refractivity contribution >= 4 is 5.91 Å². The van der Waals surface area contributed by atoms with Gasteiger partial charge in [0, 0.05) is 43.8 Å². The molecule has 7 nitrogen and oxygen atoms in total. The van der Waals surface area contributed by atoms with Crippen molar-refractivity contribution in [2.45, 2.75) is 31.8 Å². The fourth-order valence-corrected chi connectivity index (χ4v) is 4.08. The highest BCUT2D eigenvalue weighted by molar-refractivity contribution is 5.77. The molecule has 4 rings (SSSR count). The van der Waals surface area contributed by atoms with Gasteiger partial charge in [-0.1, -0.05) is 6.07 Å². The minimum Gasteiger partial charge on any atom is -0.484 e. The van der Waals surface area contributed by atoms with Crippen LogP contribution in [0.1, 0.15) is 24.0 Å². The summed E-state index contributed by atoms with van der Waals surface area (Å²) in [5.41, 5.74) is 2.30. The predicted octanol–water partition coefficient (Wildman–Crippen LogP) is 4.41. The second-order valence-electron chi connectivity index (χ2n) is 8.51. The molecule has 1 aromatic heterocycles. The minimum atomic E-state index is -4.71. The maximum Gasteiger partial charge on any atom is 0.573 e. The van der Waals surface area contributed by atoms with Gasteiger partial charge in [0.1, 0.15) is 11.5 Å². The van der Waals surface area contributed by atoms with E-state index in [-0.39, 0.29) is 24.3 Å². The van der Waals surface area contributed by atoms with Crippen LogP contribution < -0.4 is 14.8 Å². The van der Waals surface area contributed by atoms with E-state index in [0.29, 0.717) is 11.3 Å². The lowest BCUT2D eigenvalue weighted by Gasteiger charge is -2.32. The van der Waals surface area contributed by atoms with Crippen molar-refractivity contribution in [1.29, 1.82) is 5.26 Å². The van der Waals surface area contributed by atoms with Gasteiger partial charge in [0.2, 0.25) is 0 Å². The van der Waals surface area contributed by atoms with Crippen LogP contribution in [0, 0.1) is 11.3 Å². The SMILES string of the molecule is N#Cc1cccc(OCC(=O)NC2CCN(Cc3ccn(-c4ccc(OC(F)(F)F)cc4)c3)CC2)c1. The molecular weight excluding hydrogens is 473 g/mol. The van der Waals surface area contributed by atoms with Gasteiger partial charge < -0.3 is 19.4 Å². The maximum atomic E-state index is 12.3. The molecule has 2 aromatic carbocycles. The van der Waals surface area contributed by atoms with E-state index in [2.05, 4.69) is 15.0 Å². The number of amides is 1. The number of carbonyl (C=O) groups is 1. The molecule has 1 aliphatic rings. The summed E-state index contributed by atoms with van der Waals surface area (Å²) < 4.78 is 48.2. The number of nitrogens with one attached hydrogen (secondary N) is 1. The Hall–Kier alpha value is -3.97. The van der Waals surface area contributed by atoms with Crippen LogP contribution in [0.5, 0.6) is 11.5 Å². The first-order valence-electron chi connectivity index (χ1n) is 11.5. The number of hydrogen-bond donors (Lipinski definition) is 1. The van der Waals surface area contributed by atoms with E-state index in [0.717, 1.165) is 43.7 Å². The highest BCUT2D eigenvalue weighted by atomic mass is 19.4. The topological polar surface area (TPSA) is 79.5 Å². The molecule has 2 heterocycles. The number of nitriles is 1. The van der Waals surface area contributed by atoms with E-state index >= 15 is 0 Å². The summed E-state index contributed by atoms with van der Waals surface area (Å²) in [6, 6.07) is 16.5. The summed E-state index contributed by atoms with van der Waals surface area (Å²) in [7, 11) is 0. The van der Waals surface area contributed by atoms with E-state index in [1.165, 1.54) is 12.1 Å². The van der Waals surface area contributed by atoms with Crippen LogP contribution >= 0.6 is 0 Å². The van der Waals surface area contributed by atoms with Crippen molar-refractivity contribution in [3.8, 4) is 23.3 Å². The molecule has 188 valence electrons. The third-order valence-electron chi connectivity index (χ3n) is 5.81. The first-order valence-corrected chi connectivity index (χ1v) is 11.5. The number of aromatic nitrogens is 1. The number of piperidine rings is 1. The molecule has 0 aliphatic carbocycles. The number of halogens is 3. The zero-order chi connectivity index (χ0) is 25.5. The molecule has 1 N–H and O–H groups in total. The summed E-state index contributed by atoms with van der Waals surface area (Å²) in [6.07, 6.45) is 0.742. The van der Waals surface area contributed by atoms with E-state index in [4.69, 9.17) is 10.00 Å². The third-order valence-corrected chi connectivity index (χ3v) is 5.81. The number of rotatable bonds is 8. The van der Waals surface area contributed by atoms with E-state index in [1.807, 2.05) is 29.1 Å². The van der Waals surface area contributed by atoms with Gasteiger partial charge >= 0.3 is 6.36 Å². The molecule has 1 fully saturated rings. The summed E-state index contributed by atoms with van der Waals surface area (Å²) in [6.45, 7) is 2.28. The number of carbonyl (C=O) groups excluding carboxylic acids is 1. The molecule has 0 bridgehead atoms. The molecule has 10 heteroatoms. The Morgan fingerprint density at radius 2 is 1.83 bits per heavy atom. The van der Waals surface area contributed by atoms with E-state index < -0.39 is 6.36 Å². The van der Waals surface area contributed by atoms with Gasteiger partial charge in [-0.3, -0.25) is 9.69 Å². The summed E-state index contributed by atoms with van der Waals surface area (Å²) in [4.78, 5) is 14.6. The van der Waals surface area contributed by atoms with Gasteiger partial charge in [0.25, 0.3) is 5.91 Å². The van der Waals surface area contributed by atoms with Crippen LogP contribution in [0.3, 0.4) is 0 Å². The molecular formula is C26H25F3N4O3. The fourth-order valence-electron chi connectivity index (χ4n) is 4.08. The number of benzene rings is 2. The smallest absolute Gasteiger partial charge is 0.484 e. The molecule has 0 saturated carbocycles. The molecule has 36 heavy (non-hydrogen) atoms. The van der Waals surface area contributed by atoms with Crippen LogP contribution in [-0.4, -0.2) is 47.5 Å². The lowest BCUT2D eigenvalue weighted by molar-refractivity contribution is -0.274.